The van der Waals surface area contributed by atoms with Gasteiger partial charge < -0.3 is 5.73 Å². The van der Waals surface area contributed by atoms with Crippen LogP contribution in [0.2, 0.25) is 0 Å². The maximum absolute atomic E-state index is 11.9. The molecule has 0 bridgehead atoms. The van der Waals surface area contributed by atoms with Gasteiger partial charge in [-0.25, -0.2) is 8.42 Å². The number of nitrogens with zero attached hydrogens (tertiary/aromatic N) is 1. The van der Waals surface area contributed by atoms with Crippen molar-refractivity contribution in [2.24, 2.45) is 0 Å². The van der Waals surface area contributed by atoms with Crippen LogP contribution in [0.5, 0.6) is 0 Å². The lowest BCUT2D eigenvalue weighted by molar-refractivity contribution is 0.423. The van der Waals surface area contributed by atoms with Crippen LogP contribution in [0.4, 0.5) is 5.69 Å². The number of rotatable bonds is 6. The van der Waals surface area contributed by atoms with Crippen molar-refractivity contribution in [2.75, 3.05) is 18.0 Å². The summed E-state index contributed by atoms with van der Waals surface area (Å²) in [5.41, 5.74) is 7.24. The molecule has 0 aliphatic carbocycles. The quantitative estimate of drug-likeness (QED) is 0.790. The van der Waals surface area contributed by atoms with E-state index in [1.54, 1.807) is 12.1 Å². The minimum Gasteiger partial charge on any atom is -0.399 e. The van der Waals surface area contributed by atoms with E-state index in [4.69, 9.17) is 5.73 Å². The number of nitrogens with two attached hydrogens (primary N) is 1. The van der Waals surface area contributed by atoms with Crippen LogP contribution >= 0.6 is 0 Å². The highest BCUT2D eigenvalue weighted by molar-refractivity contribution is 7.89. The average molecular weight is 256 g/mol. The van der Waals surface area contributed by atoms with Crippen LogP contribution in [0.25, 0.3) is 0 Å². The Morgan fingerprint density at radius 2 is 1.76 bits per heavy atom. The van der Waals surface area contributed by atoms with Gasteiger partial charge in [-0.15, -0.1) is 0 Å². The van der Waals surface area contributed by atoms with E-state index in [-0.39, 0.29) is 5.75 Å². The lowest BCUT2D eigenvalue weighted by Gasteiger charge is -2.20. The third-order valence-electron chi connectivity index (χ3n) is 2.55. The van der Waals surface area contributed by atoms with E-state index in [1.165, 1.54) is 4.31 Å². The first-order chi connectivity index (χ1) is 7.99. The van der Waals surface area contributed by atoms with Crippen LogP contribution in [0.1, 0.15) is 25.8 Å². The Kier molecular flexibility index (Phi) is 4.96. The Bertz CT molecular complexity index is 440. The van der Waals surface area contributed by atoms with E-state index in [2.05, 4.69) is 0 Å². The average Bonchev–Trinajstić information content (AvgIpc) is 2.28. The minimum absolute atomic E-state index is 0.204. The van der Waals surface area contributed by atoms with E-state index in [0.29, 0.717) is 25.2 Å². The molecule has 2 N–H and O–H groups in total. The highest BCUT2D eigenvalue weighted by Crippen LogP contribution is 2.12. The summed E-state index contributed by atoms with van der Waals surface area (Å²) in [6.07, 6.45) is 0.639. The maximum Gasteiger partial charge on any atom is 0.214 e. The van der Waals surface area contributed by atoms with Crippen molar-refractivity contribution in [2.45, 2.75) is 26.8 Å². The third kappa shape index (κ3) is 4.02. The molecule has 0 atom stereocenters. The number of anilines is 1. The normalized spacial score (nSPS) is 11.9. The van der Waals surface area contributed by atoms with Crippen molar-refractivity contribution in [3.8, 4) is 0 Å². The highest BCUT2D eigenvalue weighted by Gasteiger charge is 2.19. The predicted octanol–water partition coefficient (Wildman–Crippen LogP) is 1.83. The van der Waals surface area contributed by atoms with Crippen molar-refractivity contribution >= 4 is 15.7 Å². The molecule has 0 saturated heterocycles. The van der Waals surface area contributed by atoms with E-state index < -0.39 is 10.0 Å². The molecule has 0 fully saturated rings. The first-order valence-electron chi connectivity index (χ1n) is 5.81. The molecule has 0 amide bonds. The minimum atomic E-state index is -3.13. The van der Waals surface area contributed by atoms with Crippen molar-refractivity contribution < 1.29 is 8.42 Å². The van der Waals surface area contributed by atoms with Crippen LogP contribution in [-0.2, 0) is 16.6 Å². The van der Waals surface area contributed by atoms with Crippen LogP contribution in [0.15, 0.2) is 24.3 Å². The van der Waals surface area contributed by atoms with E-state index in [0.717, 1.165) is 5.56 Å². The lowest BCUT2D eigenvalue weighted by Crippen LogP contribution is -2.32. The molecule has 0 aliphatic rings. The molecular formula is C12H20N2O2S. The van der Waals surface area contributed by atoms with Crippen LogP contribution in [0.3, 0.4) is 0 Å². The molecule has 0 aliphatic heterocycles. The zero-order valence-corrected chi connectivity index (χ0v) is 11.2. The largest absolute Gasteiger partial charge is 0.399 e. The van der Waals surface area contributed by atoms with Crippen LogP contribution in [0, 0.1) is 0 Å². The fraction of sp³-hybridized carbons (Fsp3) is 0.500. The first-order valence-corrected chi connectivity index (χ1v) is 7.42. The van der Waals surface area contributed by atoms with Gasteiger partial charge in [0.15, 0.2) is 0 Å². The Hall–Kier alpha value is -1.07. The standard InChI is InChI=1S/C12H20N2O2S/c1-3-9-17(15,16)14(4-2)10-11-5-7-12(13)8-6-11/h5-8H,3-4,9-10,13H2,1-2H3. The summed E-state index contributed by atoms with van der Waals surface area (Å²) in [6.45, 7) is 4.63. The molecule has 0 aromatic heterocycles. The Morgan fingerprint density at radius 1 is 1.18 bits per heavy atom. The Labute approximate surface area is 103 Å². The first kappa shape index (κ1) is 14.0. The summed E-state index contributed by atoms with van der Waals surface area (Å²) >= 11 is 0. The molecule has 1 aromatic rings. The number of sulfonamides is 1. The third-order valence-corrected chi connectivity index (χ3v) is 4.65. The summed E-state index contributed by atoms with van der Waals surface area (Å²) in [5.74, 6) is 0.204. The zero-order valence-electron chi connectivity index (χ0n) is 10.4. The van der Waals surface area contributed by atoms with Crippen molar-refractivity contribution in [3.05, 3.63) is 29.8 Å². The smallest absolute Gasteiger partial charge is 0.214 e. The highest BCUT2D eigenvalue weighted by atomic mass is 32.2. The molecule has 0 spiro atoms. The van der Waals surface area contributed by atoms with Gasteiger partial charge in [-0.2, -0.15) is 4.31 Å². The molecular weight excluding hydrogens is 236 g/mol. The Morgan fingerprint density at radius 3 is 2.24 bits per heavy atom. The van der Waals surface area contributed by atoms with Gasteiger partial charge in [-0.1, -0.05) is 26.0 Å². The zero-order chi connectivity index (χ0) is 12.9. The summed E-state index contributed by atoms with van der Waals surface area (Å²) in [6, 6.07) is 7.30. The van der Waals surface area contributed by atoms with Gasteiger partial charge in [-0.05, 0) is 24.1 Å². The molecule has 0 saturated carbocycles. The van der Waals surface area contributed by atoms with Gasteiger partial charge in [0.05, 0.1) is 5.75 Å². The molecule has 1 rings (SSSR count). The second-order valence-corrected chi connectivity index (χ2v) is 6.07. The monoisotopic (exact) mass is 256 g/mol. The van der Waals surface area contributed by atoms with Crippen molar-refractivity contribution in [1.29, 1.82) is 0 Å². The van der Waals surface area contributed by atoms with Gasteiger partial charge in [0.2, 0.25) is 10.0 Å². The predicted molar refractivity (Wildman–Crippen MR) is 71.0 cm³/mol. The van der Waals surface area contributed by atoms with E-state index in [1.807, 2.05) is 26.0 Å². The summed E-state index contributed by atoms with van der Waals surface area (Å²) in [5, 5.41) is 0. The molecule has 4 nitrogen and oxygen atoms in total. The second-order valence-electron chi connectivity index (χ2n) is 3.98. The maximum atomic E-state index is 11.9. The van der Waals surface area contributed by atoms with Crippen LogP contribution in [-0.4, -0.2) is 25.0 Å². The summed E-state index contributed by atoms with van der Waals surface area (Å²) in [4.78, 5) is 0. The fourth-order valence-corrected chi connectivity index (χ4v) is 3.13. The van der Waals surface area contributed by atoms with E-state index >= 15 is 0 Å². The number of hydrogen-bond donors (Lipinski definition) is 1. The molecule has 96 valence electrons. The summed E-state index contributed by atoms with van der Waals surface area (Å²) < 4.78 is 25.4. The molecule has 5 heteroatoms. The fourth-order valence-electron chi connectivity index (χ4n) is 1.62. The van der Waals surface area contributed by atoms with Crippen LogP contribution < -0.4 is 5.73 Å². The number of nitrogen functional groups attached to an aromatic ring is 1. The molecule has 0 unspecified atom stereocenters. The van der Waals surface area contributed by atoms with E-state index in [9.17, 15) is 8.42 Å². The molecule has 0 radical (unpaired) electrons. The lowest BCUT2D eigenvalue weighted by atomic mass is 10.2. The molecule has 17 heavy (non-hydrogen) atoms. The second kappa shape index (κ2) is 6.02. The van der Waals surface area contributed by atoms with Crippen molar-refractivity contribution in [3.63, 3.8) is 0 Å². The number of benzene rings is 1. The topological polar surface area (TPSA) is 63.4 Å². The van der Waals surface area contributed by atoms with Crippen molar-refractivity contribution in [1.82, 2.24) is 4.31 Å². The number of hydrogen-bond acceptors (Lipinski definition) is 3. The van der Waals surface area contributed by atoms with Gasteiger partial charge >= 0.3 is 0 Å². The molecule has 1 aromatic carbocycles. The summed E-state index contributed by atoms with van der Waals surface area (Å²) in [7, 11) is -3.13. The Balaban J connectivity index is 2.80. The molecule has 0 heterocycles. The van der Waals surface area contributed by atoms with Gasteiger partial charge in [-0.3, -0.25) is 0 Å². The van der Waals surface area contributed by atoms with Gasteiger partial charge in [0.25, 0.3) is 0 Å². The van der Waals surface area contributed by atoms with Gasteiger partial charge in [0, 0.05) is 18.8 Å². The van der Waals surface area contributed by atoms with Gasteiger partial charge in [0.1, 0.15) is 0 Å². The SMILES string of the molecule is CCCS(=O)(=O)N(CC)Cc1ccc(N)cc1.